The van der Waals surface area contributed by atoms with E-state index in [9.17, 15) is 9.59 Å². The Bertz CT molecular complexity index is 200. The molecule has 2 amide bonds. The number of unbranched alkanes of at least 4 members (excludes halogenated alkanes) is 1. The normalized spacial score (nSPS) is 11.2. The molecule has 0 spiro atoms. The number of nitrogens with two attached hydrogens (primary N) is 2. The van der Waals surface area contributed by atoms with Gasteiger partial charge in [-0.2, -0.15) is 0 Å². The molecule has 0 unspecified atom stereocenters. The van der Waals surface area contributed by atoms with Crippen molar-refractivity contribution in [3.63, 3.8) is 0 Å². The van der Waals surface area contributed by atoms with Crippen LogP contribution in [-0.2, 0) is 9.59 Å². The highest BCUT2D eigenvalue weighted by atomic mass is 16.1. The van der Waals surface area contributed by atoms with Crippen LogP contribution in [0.1, 0.15) is 39.5 Å². The van der Waals surface area contributed by atoms with Gasteiger partial charge < -0.3 is 11.5 Å². The maximum absolute atomic E-state index is 10.9. The first-order valence-corrected chi connectivity index (χ1v) is 4.44. The molecule has 0 fully saturated rings. The monoisotopic (exact) mass is 186 g/mol. The first kappa shape index (κ1) is 11.9. The maximum Gasteiger partial charge on any atom is 0.223 e. The Kier molecular flexibility index (Phi) is 4.45. The number of carbonyl (C=O) groups excluding carboxylic acids is 2. The van der Waals surface area contributed by atoms with Gasteiger partial charge in [-0.25, -0.2) is 0 Å². The second-order valence-electron chi connectivity index (χ2n) is 3.92. The number of hydrogen-bond donors (Lipinski definition) is 2. The van der Waals surface area contributed by atoms with E-state index in [1.807, 2.05) is 0 Å². The van der Waals surface area contributed by atoms with E-state index in [-0.39, 0.29) is 11.8 Å². The average Bonchev–Trinajstić information content (AvgIpc) is 1.97. The molecule has 4 heteroatoms. The van der Waals surface area contributed by atoms with Gasteiger partial charge in [-0.1, -0.05) is 20.3 Å². The van der Waals surface area contributed by atoms with Crippen molar-refractivity contribution in [2.24, 2.45) is 16.9 Å². The summed E-state index contributed by atoms with van der Waals surface area (Å²) in [4.78, 5) is 21.3. The minimum atomic E-state index is -0.475. The van der Waals surface area contributed by atoms with Crippen LogP contribution in [0.3, 0.4) is 0 Å². The van der Waals surface area contributed by atoms with Gasteiger partial charge in [0.25, 0.3) is 0 Å². The van der Waals surface area contributed by atoms with Crippen molar-refractivity contribution in [1.29, 1.82) is 0 Å². The van der Waals surface area contributed by atoms with Crippen molar-refractivity contribution < 1.29 is 9.59 Å². The lowest BCUT2D eigenvalue weighted by atomic mass is 9.86. The Labute approximate surface area is 78.7 Å². The van der Waals surface area contributed by atoms with Gasteiger partial charge in [-0.15, -0.1) is 0 Å². The molecule has 0 radical (unpaired) electrons. The molecule has 0 rings (SSSR count). The fraction of sp³-hybridized carbons (Fsp3) is 0.778. The van der Waals surface area contributed by atoms with E-state index in [1.165, 1.54) is 0 Å². The maximum atomic E-state index is 10.9. The van der Waals surface area contributed by atoms with Gasteiger partial charge in [0.2, 0.25) is 11.8 Å². The number of carbonyl (C=O) groups is 2. The topological polar surface area (TPSA) is 86.2 Å². The predicted octanol–water partition coefficient (Wildman–Crippen LogP) is 0.544. The molecule has 0 aromatic carbocycles. The van der Waals surface area contributed by atoms with Crippen LogP contribution in [0.4, 0.5) is 0 Å². The van der Waals surface area contributed by atoms with Crippen LogP contribution in [0, 0.1) is 5.41 Å². The average molecular weight is 186 g/mol. The molecular formula is C9H18N2O2. The lowest BCUT2D eigenvalue weighted by Crippen LogP contribution is -2.31. The van der Waals surface area contributed by atoms with E-state index in [2.05, 4.69) is 0 Å². The molecule has 0 saturated heterocycles. The van der Waals surface area contributed by atoms with Gasteiger partial charge in [0.05, 0.1) is 0 Å². The third kappa shape index (κ3) is 5.22. The second kappa shape index (κ2) is 4.84. The van der Waals surface area contributed by atoms with Crippen LogP contribution >= 0.6 is 0 Å². The molecule has 0 aromatic heterocycles. The van der Waals surface area contributed by atoms with Gasteiger partial charge in [0.15, 0.2) is 0 Å². The summed E-state index contributed by atoms with van der Waals surface area (Å²) < 4.78 is 0. The minimum Gasteiger partial charge on any atom is -0.370 e. The van der Waals surface area contributed by atoms with E-state index in [0.717, 1.165) is 12.8 Å². The molecule has 76 valence electrons. The van der Waals surface area contributed by atoms with Crippen molar-refractivity contribution in [1.82, 2.24) is 0 Å². The van der Waals surface area contributed by atoms with Crippen molar-refractivity contribution in [3.05, 3.63) is 0 Å². The highest BCUT2D eigenvalue weighted by Crippen LogP contribution is 2.22. The molecule has 0 aromatic rings. The lowest BCUT2D eigenvalue weighted by Gasteiger charge is -2.19. The molecule has 0 aliphatic heterocycles. The Hall–Kier alpha value is -1.06. The summed E-state index contributed by atoms with van der Waals surface area (Å²) in [6.07, 6.45) is 2.62. The quantitative estimate of drug-likeness (QED) is 0.593. The van der Waals surface area contributed by atoms with Crippen molar-refractivity contribution in [2.45, 2.75) is 39.5 Å². The summed E-state index contributed by atoms with van der Waals surface area (Å²) in [7, 11) is 0. The van der Waals surface area contributed by atoms with Crippen LogP contribution in [0.2, 0.25) is 0 Å². The van der Waals surface area contributed by atoms with Crippen LogP contribution in [-0.4, -0.2) is 11.8 Å². The third-order valence-corrected chi connectivity index (χ3v) is 2.14. The number of amides is 2. The minimum absolute atomic E-state index is 0.295. The molecule has 0 aliphatic rings. The molecule has 0 aliphatic carbocycles. The molecule has 0 heterocycles. The third-order valence-electron chi connectivity index (χ3n) is 2.14. The highest BCUT2D eigenvalue weighted by molar-refractivity contribution is 5.79. The van der Waals surface area contributed by atoms with Gasteiger partial charge >= 0.3 is 0 Å². The molecule has 13 heavy (non-hydrogen) atoms. The molecule has 4 nitrogen and oxygen atoms in total. The summed E-state index contributed by atoms with van der Waals surface area (Å²) in [5, 5.41) is 0. The summed E-state index contributed by atoms with van der Waals surface area (Å²) in [5.74, 6) is -0.594. The molecule has 0 bridgehead atoms. The summed E-state index contributed by atoms with van der Waals surface area (Å²) >= 11 is 0. The van der Waals surface area contributed by atoms with E-state index in [0.29, 0.717) is 12.8 Å². The first-order valence-electron chi connectivity index (χ1n) is 4.44. The van der Waals surface area contributed by atoms with Crippen LogP contribution < -0.4 is 11.5 Å². The fourth-order valence-corrected chi connectivity index (χ4v) is 0.989. The van der Waals surface area contributed by atoms with Gasteiger partial charge in [0, 0.05) is 11.8 Å². The van der Waals surface area contributed by atoms with Crippen molar-refractivity contribution >= 4 is 11.8 Å². The molecule has 4 N–H and O–H groups in total. The fourth-order valence-electron chi connectivity index (χ4n) is 0.989. The SMILES string of the molecule is CC(C)(CCCCC(N)=O)C(N)=O. The number of rotatable bonds is 6. The number of hydrogen-bond acceptors (Lipinski definition) is 2. The lowest BCUT2D eigenvalue weighted by molar-refractivity contribution is -0.126. The van der Waals surface area contributed by atoms with E-state index in [1.54, 1.807) is 13.8 Å². The zero-order chi connectivity index (χ0) is 10.5. The van der Waals surface area contributed by atoms with E-state index in [4.69, 9.17) is 11.5 Å². The smallest absolute Gasteiger partial charge is 0.223 e. The van der Waals surface area contributed by atoms with Crippen LogP contribution in [0.5, 0.6) is 0 Å². The highest BCUT2D eigenvalue weighted by Gasteiger charge is 2.23. The van der Waals surface area contributed by atoms with Crippen molar-refractivity contribution in [3.8, 4) is 0 Å². The Balaban J connectivity index is 3.64. The second-order valence-corrected chi connectivity index (χ2v) is 3.92. The zero-order valence-corrected chi connectivity index (χ0v) is 8.30. The number of primary amides is 2. The Morgan fingerprint density at radius 1 is 1.15 bits per heavy atom. The zero-order valence-electron chi connectivity index (χ0n) is 8.30. The van der Waals surface area contributed by atoms with E-state index < -0.39 is 5.41 Å². The van der Waals surface area contributed by atoms with Gasteiger partial charge in [0.1, 0.15) is 0 Å². The summed E-state index contributed by atoms with van der Waals surface area (Å²) in [6.45, 7) is 3.61. The van der Waals surface area contributed by atoms with Crippen LogP contribution in [0.25, 0.3) is 0 Å². The summed E-state index contributed by atoms with van der Waals surface area (Å²) in [5.41, 5.74) is 9.68. The standard InChI is InChI=1S/C9H18N2O2/c1-9(2,8(11)13)6-4-3-5-7(10)12/h3-6H2,1-2H3,(H2,10,12)(H2,11,13). The Morgan fingerprint density at radius 2 is 1.69 bits per heavy atom. The molecule has 0 atom stereocenters. The predicted molar refractivity (Wildman–Crippen MR) is 50.6 cm³/mol. The van der Waals surface area contributed by atoms with Gasteiger partial charge in [-0.3, -0.25) is 9.59 Å². The Morgan fingerprint density at radius 3 is 2.08 bits per heavy atom. The summed E-state index contributed by atoms with van der Waals surface area (Å²) in [6, 6.07) is 0. The van der Waals surface area contributed by atoms with Gasteiger partial charge in [-0.05, 0) is 12.8 Å². The van der Waals surface area contributed by atoms with Crippen LogP contribution in [0.15, 0.2) is 0 Å². The molecular weight excluding hydrogens is 168 g/mol. The van der Waals surface area contributed by atoms with E-state index >= 15 is 0 Å². The first-order chi connectivity index (χ1) is 5.86. The molecule has 0 saturated carbocycles. The van der Waals surface area contributed by atoms with Crippen molar-refractivity contribution in [2.75, 3.05) is 0 Å². The largest absolute Gasteiger partial charge is 0.370 e.